The van der Waals surface area contributed by atoms with Crippen LogP contribution < -0.4 is 5.32 Å². The summed E-state index contributed by atoms with van der Waals surface area (Å²) in [5.74, 6) is 0.843. The first kappa shape index (κ1) is 12.2. The molecule has 0 amide bonds. The van der Waals surface area contributed by atoms with Gasteiger partial charge in [-0.05, 0) is 47.2 Å². The summed E-state index contributed by atoms with van der Waals surface area (Å²) in [6.45, 7) is 6.58. The maximum atomic E-state index is 4.30. The van der Waals surface area contributed by atoms with Crippen LogP contribution in [0.3, 0.4) is 0 Å². The smallest absolute Gasteiger partial charge is 0.207 e. The molecule has 0 atom stereocenters. The van der Waals surface area contributed by atoms with Crippen LogP contribution in [0.25, 0.3) is 0 Å². The number of aryl methyl sites for hydroxylation is 1. The van der Waals surface area contributed by atoms with Gasteiger partial charge < -0.3 is 9.88 Å². The molecule has 1 aromatic heterocycles. The molecule has 0 aliphatic heterocycles. The molecule has 1 aromatic carbocycles. The van der Waals surface area contributed by atoms with Gasteiger partial charge in [0.1, 0.15) is 0 Å². The van der Waals surface area contributed by atoms with Crippen LogP contribution in [0.5, 0.6) is 0 Å². The van der Waals surface area contributed by atoms with E-state index >= 15 is 0 Å². The minimum atomic E-state index is 0.755. The van der Waals surface area contributed by atoms with Crippen molar-refractivity contribution in [1.82, 2.24) is 9.55 Å². The summed E-state index contributed by atoms with van der Waals surface area (Å²) in [5.41, 5.74) is 2.30. The molecule has 1 heterocycles. The summed E-state index contributed by atoms with van der Waals surface area (Å²) in [5, 5.41) is 3.35. The molecule has 0 unspecified atom stereocenters. The van der Waals surface area contributed by atoms with E-state index in [0.29, 0.717) is 0 Å². The molecule has 3 nitrogen and oxygen atoms in total. The van der Waals surface area contributed by atoms with Crippen molar-refractivity contribution in [3.8, 4) is 0 Å². The third-order valence-corrected chi connectivity index (χ3v) is 3.16. The molecular weight excluding hydrogens is 325 g/mol. The number of halogens is 1. The molecule has 0 aliphatic carbocycles. The van der Waals surface area contributed by atoms with Crippen LogP contribution in [-0.2, 0) is 6.54 Å². The molecule has 17 heavy (non-hydrogen) atoms. The molecule has 0 saturated heterocycles. The lowest BCUT2D eigenvalue weighted by atomic mass is 10.2. The second kappa shape index (κ2) is 5.35. The fourth-order valence-electron chi connectivity index (χ4n) is 1.57. The van der Waals surface area contributed by atoms with Crippen LogP contribution in [-0.4, -0.2) is 9.55 Å². The lowest BCUT2D eigenvalue weighted by Gasteiger charge is -2.10. The molecule has 0 bridgehead atoms. The summed E-state index contributed by atoms with van der Waals surface area (Å²) in [6, 6.07) is 6.31. The van der Waals surface area contributed by atoms with E-state index in [1.807, 2.05) is 16.8 Å². The van der Waals surface area contributed by atoms with E-state index in [1.165, 1.54) is 9.13 Å². The Balaban J connectivity index is 2.27. The number of rotatable bonds is 4. The molecule has 0 fully saturated rings. The van der Waals surface area contributed by atoms with Gasteiger partial charge >= 0.3 is 0 Å². The largest absolute Gasteiger partial charge is 0.325 e. The first-order valence-electron chi connectivity index (χ1n) is 5.36. The Kier molecular flexibility index (Phi) is 3.83. The normalized spacial score (nSPS) is 10.2. The van der Waals surface area contributed by atoms with Gasteiger partial charge in [0.2, 0.25) is 5.95 Å². The topological polar surface area (TPSA) is 29.9 Å². The first-order chi connectivity index (χ1) is 8.20. The standard InChI is InChI=1S/C13H14IN3/c1-3-7-17-8-6-15-13(17)16-12-9-11(14)5-4-10(12)2/h3-6,8-9H,1,7H2,2H3,(H,15,16). The quantitative estimate of drug-likeness (QED) is 0.680. The van der Waals surface area contributed by atoms with Gasteiger partial charge in [-0.3, -0.25) is 0 Å². The van der Waals surface area contributed by atoms with E-state index in [0.717, 1.165) is 18.2 Å². The second-order valence-electron chi connectivity index (χ2n) is 3.78. The van der Waals surface area contributed by atoms with E-state index in [-0.39, 0.29) is 0 Å². The van der Waals surface area contributed by atoms with Crippen LogP contribution in [0, 0.1) is 10.5 Å². The highest BCUT2D eigenvalue weighted by Gasteiger charge is 2.04. The molecule has 2 aromatic rings. The van der Waals surface area contributed by atoms with Crippen molar-refractivity contribution in [2.24, 2.45) is 0 Å². The summed E-state index contributed by atoms with van der Waals surface area (Å²) >= 11 is 2.31. The summed E-state index contributed by atoms with van der Waals surface area (Å²) < 4.78 is 3.23. The number of nitrogens with one attached hydrogen (secondary N) is 1. The number of allylic oxidation sites excluding steroid dienone is 1. The fraction of sp³-hybridized carbons (Fsp3) is 0.154. The van der Waals surface area contributed by atoms with Gasteiger partial charge in [-0.2, -0.15) is 0 Å². The number of hydrogen-bond acceptors (Lipinski definition) is 2. The van der Waals surface area contributed by atoms with Gasteiger partial charge in [-0.25, -0.2) is 4.98 Å². The van der Waals surface area contributed by atoms with Crippen molar-refractivity contribution < 1.29 is 0 Å². The average Bonchev–Trinajstić information content (AvgIpc) is 2.72. The predicted octanol–water partition coefficient (Wildman–Crippen LogP) is 3.73. The van der Waals surface area contributed by atoms with E-state index in [4.69, 9.17) is 0 Å². The Bertz CT molecular complexity index is 531. The van der Waals surface area contributed by atoms with Gasteiger partial charge in [0.25, 0.3) is 0 Å². The predicted molar refractivity (Wildman–Crippen MR) is 79.6 cm³/mol. The highest BCUT2D eigenvalue weighted by molar-refractivity contribution is 14.1. The van der Waals surface area contributed by atoms with Gasteiger partial charge in [0.05, 0.1) is 0 Å². The van der Waals surface area contributed by atoms with Gasteiger partial charge in [0.15, 0.2) is 0 Å². The number of hydrogen-bond donors (Lipinski definition) is 1. The Morgan fingerprint density at radius 2 is 2.35 bits per heavy atom. The van der Waals surface area contributed by atoms with Gasteiger partial charge in [0, 0.05) is 28.2 Å². The van der Waals surface area contributed by atoms with Crippen LogP contribution in [0.4, 0.5) is 11.6 Å². The molecule has 0 saturated carbocycles. The van der Waals surface area contributed by atoms with Crippen LogP contribution >= 0.6 is 22.6 Å². The Morgan fingerprint density at radius 1 is 1.53 bits per heavy atom. The highest BCUT2D eigenvalue weighted by atomic mass is 127. The van der Waals surface area contributed by atoms with E-state index in [9.17, 15) is 0 Å². The fourth-order valence-corrected chi connectivity index (χ4v) is 2.06. The van der Waals surface area contributed by atoms with E-state index in [1.54, 1.807) is 6.20 Å². The highest BCUT2D eigenvalue weighted by Crippen LogP contribution is 2.21. The maximum absolute atomic E-state index is 4.30. The van der Waals surface area contributed by atoms with Crippen molar-refractivity contribution in [3.05, 3.63) is 52.4 Å². The average molecular weight is 339 g/mol. The molecular formula is C13H14IN3. The Hall–Kier alpha value is -1.30. The SMILES string of the molecule is C=CCn1ccnc1Nc1cc(I)ccc1C. The number of anilines is 2. The van der Waals surface area contributed by atoms with Crippen molar-refractivity contribution in [1.29, 1.82) is 0 Å². The van der Waals surface area contributed by atoms with Crippen LogP contribution in [0.2, 0.25) is 0 Å². The first-order valence-corrected chi connectivity index (χ1v) is 6.44. The monoisotopic (exact) mass is 339 g/mol. The number of benzene rings is 1. The molecule has 0 radical (unpaired) electrons. The zero-order valence-corrected chi connectivity index (χ0v) is 11.8. The lowest BCUT2D eigenvalue weighted by molar-refractivity contribution is 0.832. The van der Waals surface area contributed by atoms with E-state index < -0.39 is 0 Å². The van der Waals surface area contributed by atoms with Crippen molar-refractivity contribution in [3.63, 3.8) is 0 Å². The molecule has 1 N–H and O–H groups in total. The van der Waals surface area contributed by atoms with Crippen molar-refractivity contribution in [2.45, 2.75) is 13.5 Å². The third-order valence-electron chi connectivity index (χ3n) is 2.49. The second-order valence-corrected chi connectivity index (χ2v) is 5.02. The molecule has 88 valence electrons. The van der Waals surface area contributed by atoms with Crippen molar-refractivity contribution >= 4 is 34.2 Å². The molecule has 2 rings (SSSR count). The van der Waals surface area contributed by atoms with Gasteiger partial charge in [-0.1, -0.05) is 12.1 Å². The zero-order valence-electron chi connectivity index (χ0n) is 9.65. The summed E-state index contributed by atoms with van der Waals surface area (Å²) in [7, 11) is 0. The molecule has 4 heteroatoms. The zero-order chi connectivity index (χ0) is 12.3. The third kappa shape index (κ3) is 2.88. The van der Waals surface area contributed by atoms with Crippen LogP contribution in [0.1, 0.15) is 5.56 Å². The molecule has 0 aliphatic rings. The summed E-state index contributed by atoms with van der Waals surface area (Å²) in [4.78, 5) is 4.30. The molecule has 0 spiro atoms. The maximum Gasteiger partial charge on any atom is 0.207 e. The van der Waals surface area contributed by atoms with Crippen LogP contribution in [0.15, 0.2) is 43.2 Å². The minimum absolute atomic E-state index is 0.755. The minimum Gasteiger partial charge on any atom is -0.325 e. The lowest BCUT2D eigenvalue weighted by Crippen LogP contribution is -2.03. The number of nitrogens with zero attached hydrogens (tertiary/aromatic N) is 2. The van der Waals surface area contributed by atoms with Crippen molar-refractivity contribution in [2.75, 3.05) is 5.32 Å². The Morgan fingerprint density at radius 3 is 3.12 bits per heavy atom. The number of aromatic nitrogens is 2. The number of imidazole rings is 1. The van der Waals surface area contributed by atoms with Gasteiger partial charge in [-0.15, -0.1) is 6.58 Å². The summed E-state index contributed by atoms with van der Waals surface area (Å²) in [6.07, 6.45) is 5.58. The van der Waals surface area contributed by atoms with E-state index in [2.05, 4.69) is 64.6 Å². The Labute approximate surface area is 115 Å².